The predicted molar refractivity (Wildman–Crippen MR) is 156 cm³/mol. The molecule has 1 heterocycles. The van der Waals surface area contributed by atoms with Crippen molar-refractivity contribution in [2.45, 2.75) is 82.5 Å². The van der Waals surface area contributed by atoms with Crippen molar-refractivity contribution in [2.24, 2.45) is 11.1 Å². The summed E-state index contributed by atoms with van der Waals surface area (Å²) in [6.45, 7) is 10.2. The van der Waals surface area contributed by atoms with E-state index in [4.69, 9.17) is 19.0 Å². The molecule has 4 rings (SSSR count). The van der Waals surface area contributed by atoms with E-state index in [1.165, 1.54) is 11.9 Å². The highest BCUT2D eigenvalue weighted by Crippen LogP contribution is 2.42. The SMILES string of the molecule is CO[C@H]1Cc2ccccc2[C@H]1Nc1cc(O[C@@H]2C[C@@H](CN(C(=O)O)S(N)(=O)=O)[C@H](O[Si](C)(C)C(C)(C)C)C2)ncn1. The number of fused-ring (bicyclic) bond motifs is 1. The number of hydrogen-bond donors (Lipinski definition) is 3. The van der Waals surface area contributed by atoms with Gasteiger partial charge in [-0.05, 0) is 35.7 Å². The molecule has 0 bridgehead atoms. The summed E-state index contributed by atoms with van der Waals surface area (Å²) in [7, 11) is -5.04. The van der Waals surface area contributed by atoms with Gasteiger partial charge in [0.2, 0.25) is 5.88 Å². The second-order valence-corrected chi connectivity index (χ2v) is 18.5. The largest absolute Gasteiger partial charge is 0.474 e. The zero-order valence-corrected chi connectivity index (χ0v) is 26.2. The van der Waals surface area contributed by atoms with Gasteiger partial charge >= 0.3 is 16.3 Å². The first-order chi connectivity index (χ1) is 19.1. The number of aromatic nitrogens is 2. The monoisotopic (exact) mass is 607 g/mol. The molecule has 0 unspecified atom stereocenters. The molecule has 0 radical (unpaired) electrons. The fraction of sp³-hybridized carbons (Fsp3) is 0.593. The molecule has 4 N–H and O–H groups in total. The molecule has 41 heavy (non-hydrogen) atoms. The number of methoxy groups -OCH3 is 1. The molecule has 226 valence electrons. The molecule has 0 saturated heterocycles. The van der Waals surface area contributed by atoms with E-state index >= 15 is 0 Å². The number of anilines is 1. The minimum atomic E-state index is -4.46. The van der Waals surface area contributed by atoms with E-state index in [1.54, 1.807) is 13.2 Å². The molecule has 2 aliphatic carbocycles. The van der Waals surface area contributed by atoms with E-state index in [1.807, 2.05) is 12.1 Å². The molecule has 1 aromatic heterocycles. The topological polar surface area (TPSA) is 166 Å². The smallest absolute Gasteiger partial charge is 0.422 e. The molecule has 0 aliphatic heterocycles. The number of nitrogens with one attached hydrogen (secondary N) is 1. The minimum Gasteiger partial charge on any atom is -0.474 e. The summed E-state index contributed by atoms with van der Waals surface area (Å²) in [6.07, 6.45) is 0.558. The zero-order valence-electron chi connectivity index (χ0n) is 24.4. The molecular weight excluding hydrogens is 566 g/mol. The van der Waals surface area contributed by atoms with Crippen LogP contribution in [-0.4, -0.2) is 74.2 Å². The van der Waals surface area contributed by atoms with Gasteiger partial charge in [0.05, 0.1) is 18.2 Å². The quantitative estimate of drug-likeness (QED) is 0.337. The van der Waals surface area contributed by atoms with Crippen LogP contribution >= 0.6 is 0 Å². The number of rotatable bonds is 10. The molecule has 2 aliphatic rings. The summed E-state index contributed by atoms with van der Waals surface area (Å²) in [5.74, 6) is 0.482. The van der Waals surface area contributed by atoms with Crippen LogP contribution in [0, 0.1) is 5.92 Å². The first-order valence-electron chi connectivity index (χ1n) is 13.7. The van der Waals surface area contributed by atoms with Crippen LogP contribution in [0.1, 0.15) is 50.8 Å². The summed E-state index contributed by atoms with van der Waals surface area (Å²) < 4.78 is 42.9. The highest BCUT2D eigenvalue weighted by Gasteiger charge is 2.46. The molecule has 1 amide bonds. The minimum absolute atomic E-state index is 0.0495. The van der Waals surface area contributed by atoms with Crippen molar-refractivity contribution in [3.8, 4) is 5.88 Å². The van der Waals surface area contributed by atoms with E-state index in [2.05, 4.69) is 61.3 Å². The van der Waals surface area contributed by atoms with Gasteiger partial charge in [-0.3, -0.25) is 0 Å². The Morgan fingerprint density at radius 3 is 2.54 bits per heavy atom. The van der Waals surface area contributed by atoms with Gasteiger partial charge in [0.15, 0.2) is 8.32 Å². The molecule has 12 nitrogen and oxygen atoms in total. The molecule has 5 atom stereocenters. The third-order valence-electron chi connectivity index (χ3n) is 8.48. The number of amides is 1. The maximum absolute atomic E-state index is 12.0. The van der Waals surface area contributed by atoms with Gasteiger partial charge in [-0.2, -0.15) is 12.7 Å². The Bertz CT molecular complexity index is 1350. The Kier molecular flexibility index (Phi) is 9.00. The summed E-state index contributed by atoms with van der Waals surface area (Å²) in [4.78, 5) is 20.4. The summed E-state index contributed by atoms with van der Waals surface area (Å²) >= 11 is 0. The summed E-state index contributed by atoms with van der Waals surface area (Å²) in [6, 6.07) is 9.82. The third-order valence-corrected chi connectivity index (χ3v) is 13.9. The van der Waals surface area contributed by atoms with E-state index in [0.717, 1.165) is 12.0 Å². The van der Waals surface area contributed by atoms with Gasteiger partial charge in [0.1, 0.15) is 18.2 Å². The van der Waals surface area contributed by atoms with E-state index in [9.17, 15) is 18.3 Å². The number of nitrogens with two attached hydrogens (primary N) is 1. The molecule has 0 spiro atoms. The standard InChI is InChI=1S/C27H41N5O7SSi/c1-27(2,3)41(5,6)39-21-13-19(11-18(21)15-32(26(33)34)40(28,35)36)38-24-14-23(29-16-30-24)31-25-20-10-8-7-9-17(20)12-22(25)37-4/h7-10,14,16,18-19,21-22,25H,11-13,15H2,1-6H3,(H,33,34)(H2,28,35,36)(H,29,30,31)/t18-,19+,21+,22-,25+/m0/s1. The number of nitrogens with zero attached hydrogens (tertiary/aromatic N) is 3. The van der Waals surface area contributed by atoms with Crippen LogP contribution in [0.4, 0.5) is 10.6 Å². The number of hydrogen-bond acceptors (Lipinski definition) is 9. The summed E-state index contributed by atoms with van der Waals surface area (Å²) in [5, 5.41) is 18.1. The van der Waals surface area contributed by atoms with Crippen LogP contribution in [0.3, 0.4) is 0 Å². The fourth-order valence-electron chi connectivity index (χ4n) is 5.29. The number of carbonyl (C=O) groups is 1. The zero-order chi connectivity index (χ0) is 30.2. The van der Waals surface area contributed by atoms with Crippen LogP contribution < -0.4 is 15.2 Å². The number of carboxylic acid groups (broad SMARTS) is 1. The average molecular weight is 608 g/mol. The first-order valence-corrected chi connectivity index (χ1v) is 18.1. The van der Waals surface area contributed by atoms with E-state index in [0.29, 0.717) is 24.5 Å². The molecular formula is C27H41N5O7SSi. The Morgan fingerprint density at radius 2 is 1.90 bits per heavy atom. The Hall–Kier alpha value is -2.78. The second kappa shape index (κ2) is 11.8. The third kappa shape index (κ3) is 7.17. The molecule has 1 aromatic carbocycles. The maximum atomic E-state index is 12.0. The van der Waals surface area contributed by atoms with Gasteiger partial charge < -0.3 is 24.3 Å². The van der Waals surface area contributed by atoms with Crippen molar-refractivity contribution in [2.75, 3.05) is 19.0 Å². The van der Waals surface area contributed by atoms with Crippen molar-refractivity contribution in [1.82, 2.24) is 14.3 Å². The van der Waals surface area contributed by atoms with Crippen molar-refractivity contribution < 1.29 is 32.2 Å². The summed E-state index contributed by atoms with van der Waals surface area (Å²) in [5.41, 5.74) is 2.38. The molecule has 1 saturated carbocycles. The van der Waals surface area contributed by atoms with Gasteiger partial charge in [-0.1, -0.05) is 45.0 Å². The van der Waals surface area contributed by atoms with Crippen LogP contribution in [0.15, 0.2) is 36.7 Å². The molecule has 14 heteroatoms. The Balaban J connectivity index is 1.52. The van der Waals surface area contributed by atoms with Gasteiger partial charge in [-0.25, -0.2) is 19.9 Å². The van der Waals surface area contributed by atoms with Crippen LogP contribution in [0.5, 0.6) is 5.88 Å². The Morgan fingerprint density at radius 1 is 1.20 bits per heavy atom. The lowest BCUT2D eigenvalue weighted by molar-refractivity contribution is 0.0959. The fourth-order valence-corrected chi connectivity index (χ4v) is 7.31. The van der Waals surface area contributed by atoms with Crippen molar-refractivity contribution in [3.63, 3.8) is 0 Å². The van der Waals surface area contributed by atoms with Crippen LogP contribution in [0.25, 0.3) is 0 Å². The second-order valence-electron chi connectivity index (χ2n) is 12.3. The number of ether oxygens (including phenoxy) is 2. The van der Waals surface area contributed by atoms with Crippen molar-refractivity contribution >= 4 is 30.4 Å². The highest BCUT2D eigenvalue weighted by molar-refractivity contribution is 7.87. The van der Waals surface area contributed by atoms with Gasteiger partial charge in [-0.15, -0.1) is 0 Å². The van der Waals surface area contributed by atoms with Crippen LogP contribution in [-0.2, 0) is 25.8 Å². The highest BCUT2D eigenvalue weighted by atomic mass is 32.2. The van der Waals surface area contributed by atoms with E-state index < -0.39 is 36.6 Å². The molecule has 2 aromatic rings. The maximum Gasteiger partial charge on any atom is 0.422 e. The van der Waals surface area contributed by atoms with Crippen molar-refractivity contribution in [1.29, 1.82) is 0 Å². The van der Waals surface area contributed by atoms with Crippen molar-refractivity contribution in [3.05, 3.63) is 47.8 Å². The first kappa shape index (κ1) is 31.2. The Labute approximate surface area is 242 Å². The number of benzene rings is 1. The van der Waals surface area contributed by atoms with Crippen LogP contribution in [0.2, 0.25) is 18.1 Å². The lowest BCUT2D eigenvalue weighted by Crippen LogP contribution is -2.48. The van der Waals surface area contributed by atoms with Gasteiger partial charge in [0.25, 0.3) is 0 Å². The lowest BCUT2D eigenvalue weighted by Gasteiger charge is -2.40. The molecule has 1 fully saturated rings. The average Bonchev–Trinajstić information content (AvgIpc) is 3.40. The normalized spacial score (nSPS) is 24.6. The lowest BCUT2D eigenvalue weighted by atomic mass is 10.1. The van der Waals surface area contributed by atoms with Gasteiger partial charge in [0, 0.05) is 38.5 Å². The predicted octanol–water partition coefficient (Wildman–Crippen LogP) is 3.93. The van der Waals surface area contributed by atoms with E-state index in [-0.39, 0.29) is 34.1 Å².